The van der Waals surface area contributed by atoms with Gasteiger partial charge in [-0.05, 0) is 78.3 Å². The first-order valence-electron chi connectivity index (χ1n) is 13.3. The van der Waals surface area contributed by atoms with E-state index in [1.54, 1.807) is 0 Å². The van der Waals surface area contributed by atoms with Crippen molar-refractivity contribution in [1.29, 1.82) is 0 Å². The van der Waals surface area contributed by atoms with Crippen molar-refractivity contribution in [3.05, 3.63) is 100 Å². The van der Waals surface area contributed by atoms with Gasteiger partial charge in [-0.3, -0.25) is 9.59 Å². The first-order valence-corrected chi connectivity index (χ1v) is 13.3. The van der Waals surface area contributed by atoms with Crippen LogP contribution in [0.4, 0.5) is 5.69 Å². The van der Waals surface area contributed by atoms with E-state index >= 15 is 0 Å². The lowest BCUT2D eigenvalue weighted by atomic mass is 9.87. The molecule has 2 amide bonds. The lowest BCUT2D eigenvalue weighted by Gasteiger charge is -2.19. The molecule has 4 aromatic rings. The highest BCUT2D eigenvalue weighted by molar-refractivity contribution is 6.06. The summed E-state index contributed by atoms with van der Waals surface area (Å²) in [4.78, 5) is 26.2. The number of hydrogen-bond donors (Lipinski definition) is 2. The molecule has 5 nitrogen and oxygen atoms in total. The fraction of sp³-hybridized carbons (Fsp3) is 0.333. The highest BCUT2D eigenvalue weighted by atomic mass is 16.2. The Morgan fingerprint density at radius 1 is 0.868 bits per heavy atom. The number of aromatic nitrogens is 1. The van der Waals surface area contributed by atoms with E-state index in [2.05, 4.69) is 81.9 Å². The Hall–Kier alpha value is -3.86. The molecule has 4 rings (SSSR count). The molecule has 0 bridgehead atoms. The van der Waals surface area contributed by atoms with Gasteiger partial charge in [0.2, 0.25) is 0 Å². The second-order valence-electron chi connectivity index (χ2n) is 11.7. The van der Waals surface area contributed by atoms with Gasteiger partial charge in [0.05, 0.1) is 0 Å². The fourth-order valence-corrected chi connectivity index (χ4v) is 4.56. The standard InChI is InChI=1S/C33H39N3O2/c1-21(2)19-34-32(38)30-18-25-17-28(35-31(37)24-10-12-27(13-11-24)33(5,6)7)14-15-29(25)36(30)20-26-16-22(3)8-9-23(26)4/h8-18,21H,19-20H2,1-7H3,(H,34,38)(H,35,37). The predicted molar refractivity (Wildman–Crippen MR) is 157 cm³/mol. The molecular formula is C33H39N3O2. The van der Waals surface area contributed by atoms with Crippen LogP contribution in [0.15, 0.2) is 66.7 Å². The van der Waals surface area contributed by atoms with Crippen LogP contribution in [-0.2, 0) is 12.0 Å². The van der Waals surface area contributed by atoms with E-state index < -0.39 is 0 Å². The van der Waals surface area contributed by atoms with Gasteiger partial charge < -0.3 is 15.2 Å². The van der Waals surface area contributed by atoms with Gasteiger partial charge in [0.15, 0.2) is 0 Å². The third-order valence-electron chi connectivity index (χ3n) is 6.91. The summed E-state index contributed by atoms with van der Waals surface area (Å²) >= 11 is 0. The van der Waals surface area contributed by atoms with Crippen molar-refractivity contribution >= 4 is 28.4 Å². The molecule has 0 fully saturated rings. The Labute approximate surface area is 226 Å². The number of hydrogen-bond acceptors (Lipinski definition) is 2. The molecule has 38 heavy (non-hydrogen) atoms. The minimum Gasteiger partial charge on any atom is -0.351 e. The zero-order valence-corrected chi connectivity index (χ0v) is 23.6. The second-order valence-corrected chi connectivity index (χ2v) is 11.7. The molecule has 0 aliphatic rings. The van der Waals surface area contributed by atoms with Crippen molar-refractivity contribution in [3.8, 4) is 0 Å². The Kier molecular flexibility index (Phi) is 7.77. The average molecular weight is 510 g/mol. The molecule has 0 aliphatic carbocycles. The fourth-order valence-electron chi connectivity index (χ4n) is 4.56. The highest BCUT2D eigenvalue weighted by Crippen LogP contribution is 2.27. The second kappa shape index (κ2) is 10.9. The number of carbonyl (C=O) groups is 2. The maximum atomic E-state index is 13.2. The average Bonchev–Trinajstić information content (AvgIpc) is 3.21. The summed E-state index contributed by atoms with van der Waals surface area (Å²) in [5.41, 5.74) is 7.64. The van der Waals surface area contributed by atoms with Gasteiger partial charge >= 0.3 is 0 Å². The molecule has 198 valence electrons. The van der Waals surface area contributed by atoms with Crippen LogP contribution in [0, 0.1) is 19.8 Å². The van der Waals surface area contributed by atoms with Crippen molar-refractivity contribution in [1.82, 2.24) is 9.88 Å². The van der Waals surface area contributed by atoms with Crippen LogP contribution < -0.4 is 10.6 Å². The molecule has 2 N–H and O–H groups in total. The Balaban J connectivity index is 1.66. The zero-order chi connectivity index (χ0) is 27.6. The number of fused-ring (bicyclic) bond motifs is 1. The van der Waals surface area contributed by atoms with Gasteiger partial charge in [-0.15, -0.1) is 0 Å². The Bertz CT molecular complexity index is 1470. The van der Waals surface area contributed by atoms with Crippen LogP contribution in [0.3, 0.4) is 0 Å². The van der Waals surface area contributed by atoms with Crippen LogP contribution in [0.5, 0.6) is 0 Å². The van der Waals surface area contributed by atoms with Crippen LogP contribution in [-0.4, -0.2) is 22.9 Å². The molecule has 0 unspecified atom stereocenters. The predicted octanol–water partition coefficient (Wildman–Crippen LogP) is 7.24. The summed E-state index contributed by atoms with van der Waals surface area (Å²) in [6, 6.07) is 21.9. The normalized spacial score (nSPS) is 11.7. The Morgan fingerprint density at radius 2 is 1.58 bits per heavy atom. The number of nitrogens with one attached hydrogen (secondary N) is 2. The number of carbonyl (C=O) groups excluding carboxylic acids is 2. The van der Waals surface area contributed by atoms with E-state index in [1.807, 2.05) is 48.5 Å². The maximum Gasteiger partial charge on any atom is 0.267 e. The van der Waals surface area contributed by atoms with Gasteiger partial charge in [0.25, 0.3) is 11.8 Å². The van der Waals surface area contributed by atoms with Crippen LogP contribution in [0.25, 0.3) is 10.9 Å². The van der Waals surface area contributed by atoms with Crippen LogP contribution in [0.1, 0.15) is 77.7 Å². The summed E-state index contributed by atoms with van der Waals surface area (Å²) in [6.07, 6.45) is 0. The first-order chi connectivity index (χ1) is 17.9. The number of nitrogens with zero attached hydrogens (tertiary/aromatic N) is 1. The van der Waals surface area contributed by atoms with Crippen molar-refractivity contribution in [2.75, 3.05) is 11.9 Å². The minimum absolute atomic E-state index is 0.0311. The molecule has 3 aromatic carbocycles. The maximum absolute atomic E-state index is 13.2. The van der Waals surface area contributed by atoms with Gasteiger partial charge in [-0.2, -0.15) is 0 Å². The van der Waals surface area contributed by atoms with Crippen LogP contribution in [0.2, 0.25) is 0 Å². The van der Waals surface area contributed by atoms with E-state index in [4.69, 9.17) is 0 Å². The lowest BCUT2D eigenvalue weighted by Crippen LogP contribution is -2.29. The largest absolute Gasteiger partial charge is 0.351 e. The van der Waals surface area contributed by atoms with Crippen molar-refractivity contribution in [2.24, 2.45) is 5.92 Å². The first kappa shape index (κ1) is 27.2. The van der Waals surface area contributed by atoms with E-state index in [-0.39, 0.29) is 17.2 Å². The summed E-state index contributed by atoms with van der Waals surface area (Å²) < 4.78 is 2.07. The topological polar surface area (TPSA) is 63.1 Å². The summed E-state index contributed by atoms with van der Waals surface area (Å²) in [6.45, 7) is 16.0. The molecule has 1 heterocycles. The van der Waals surface area contributed by atoms with Crippen LogP contribution >= 0.6 is 0 Å². The lowest BCUT2D eigenvalue weighted by molar-refractivity contribution is 0.0940. The molecular weight excluding hydrogens is 470 g/mol. The molecule has 5 heteroatoms. The summed E-state index contributed by atoms with van der Waals surface area (Å²) in [7, 11) is 0. The third kappa shape index (κ3) is 6.16. The summed E-state index contributed by atoms with van der Waals surface area (Å²) in [5, 5.41) is 7.00. The van der Waals surface area contributed by atoms with E-state index in [0.717, 1.165) is 10.9 Å². The van der Waals surface area contributed by atoms with Crippen molar-refractivity contribution in [3.63, 3.8) is 0 Å². The number of aryl methyl sites for hydroxylation is 2. The van der Waals surface area contributed by atoms with Crippen molar-refractivity contribution < 1.29 is 9.59 Å². The highest BCUT2D eigenvalue weighted by Gasteiger charge is 2.18. The molecule has 0 atom stereocenters. The van der Waals surface area contributed by atoms with Gasteiger partial charge in [0.1, 0.15) is 5.69 Å². The summed E-state index contributed by atoms with van der Waals surface area (Å²) in [5.74, 6) is 0.106. The molecule has 0 aliphatic heterocycles. The quantitative estimate of drug-likeness (QED) is 0.276. The van der Waals surface area contributed by atoms with E-state index in [1.165, 1.54) is 22.3 Å². The van der Waals surface area contributed by atoms with E-state index in [0.29, 0.717) is 36.0 Å². The third-order valence-corrected chi connectivity index (χ3v) is 6.91. The monoisotopic (exact) mass is 509 g/mol. The van der Waals surface area contributed by atoms with Gasteiger partial charge in [0, 0.05) is 35.2 Å². The van der Waals surface area contributed by atoms with E-state index in [9.17, 15) is 9.59 Å². The number of benzene rings is 3. The van der Waals surface area contributed by atoms with Gasteiger partial charge in [-0.25, -0.2) is 0 Å². The molecule has 0 saturated heterocycles. The smallest absolute Gasteiger partial charge is 0.267 e. The van der Waals surface area contributed by atoms with Gasteiger partial charge in [-0.1, -0.05) is 70.5 Å². The van der Waals surface area contributed by atoms with Crippen molar-refractivity contribution in [2.45, 2.75) is 60.4 Å². The minimum atomic E-state index is -0.158. The molecule has 0 saturated carbocycles. The number of rotatable bonds is 7. The molecule has 0 radical (unpaired) electrons. The number of anilines is 1. The Morgan fingerprint density at radius 3 is 2.24 bits per heavy atom. The molecule has 0 spiro atoms. The zero-order valence-electron chi connectivity index (χ0n) is 23.6. The SMILES string of the molecule is Cc1ccc(C)c(Cn2c(C(=O)NCC(C)C)cc3cc(NC(=O)c4ccc(C(C)(C)C)cc4)ccc32)c1. The number of amides is 2. The molecule has 1 aromatic heterocycles.